The van der Waals surface area contributed by atoms with E-state index in [1.807, 2.05) is 24.3 Å². The van der Waals surface area contributed by atoms with E-state index in [4.69, 9.17) is 11.6 Å². The van der Waals surface area contributed by atoms with Crippen LogP contribution in [0.1, 0.15) is 61.2 Å². The highest BCUT2D eigenvalue weighted by molar-refractivity contribution is 6.30. The summed E-state index contributed by atoms with van der Waals surface area (Å²) in [6.07, 6.45) is 3.14. The average Bonchev–Trinajstić information content (AvgIpc) is 2.60. The Morgan fingerprint density at radius 1 is 1.00 bits per heavy atom. The van der Waals surface area contributed by atoms with Crippen LogP contribution < -0.4 is 0 Å². The molecule has 1 atom stereocenters. The first-order chi connectivity index (χ1) is 12.4. The van der Waals surface area contributed by atoms with Gasteiger partial charge in [-0.25, -0.2) is 0 Å². The molecular weight excluding hydrogens is 413 g/mol. The Kier molecular flexibility index (Phi) is 9.49. The Labute approximate surface area is 186 Å². The summed E-state index contributed by atoms with van der Waals surface area (Å²) in [6, 6.07) is 14.9. The monoisotopic (exact) mass is 441 g/mol. The summed E-state index contributed by atoms with van der Waals surface area (Å²) in [7, 11) is 0. The van der Waals surface area contributed by atoms with Gasteiger partial charge in [-0.1, -0.05) is 29.8 Å². The second-order valence-electron chi connectivity index (χ2n) is 7.81. The van der Waals surface area contributed by atoms with E-state index in [1.54, 1.807) is 12.1 Å². The highest BCUT2D eigenvalue weighted by Gasteiger charge is 2.30. The molecule has 5 heteroatoms. The van der Waals surface area contributed by atoms with E-state index in [9.17, 15) is 4.79 Å². The third-order valence-corrected chi connectivity index (χ3v) is 5.68. The van der Waals surface area contributed by atoms with Crippen molar-refractivity contribution in [1.29, 1.82) is 0 Å². The number of nitrogens with zero attached hydrogens (tertiary/aromatic N) is 1. The minimum atomic E-state index is 0. The van der Waals surface area contributed by atoms with E-state index >= 15 is 0 Å². The van der Waals surface area contributed by atoms with Crippen LogP contribution in [0.5, 0.6) is 0 Å². The van der Waals surface area contributed by atoms with E-state index in [1.165, 1.54) is 11.1 Å². The summed E-state index contributed by atoms with van der Waals surface area (Å²) in [4.78, 5) is 15.7. The molecule has 2 nitrogen and oxygen atoms in total. The molecule has 0 heterocycles. The number of carbonyl (C=O) groups is 1. The Balaban J connectivity index is 0.00000196. The molecule has 0 fully saturated rings. The number of halogens is 3. The van der Waals surface area contributed by atoms with Gasteiger partial charge >= 0.3 is 0 Å². The van der Waals surface area contributed by atoms with Crippen LogP contribution in [0.25, 0.3) is 0 Å². The quantitative estimate of drug-likeness (QED) is 0.500. The molecule has 0 saturated carbocycles. The number of rotatable bonds is 5. The van der Waals surface area contributed by atoms with Crippen molar-refractivity contribution in [2.24, 2.45) is 0 Å². The Bertz CT molecular complexity index is 779. The molecule has 0 aliphatic heterocycles. The van der Waals surface area contributed by atoms with Crippen molar-refractivity contribution in [3.63, 3.8) is 0 Å². The van der Waals surface area contributed by atoms with Crippen LogP contribution in [-0.4, -0.2) is 28.8 Å². The molecule has 0 saturated heterocycles. The van der Waals surface area contributed by atoms with Gasteiger partial charge in [0.05, 0.1) is 0 Å². The zero-order valence-electron chi connectivity index (χ0n) is 16.9. The number of carbonyl (C=O) groups excluding carboxylic acids is 1. The van der Waals surface area contributed by atoms with E-state index in [2.05, 4.69) is 38.7 Å². The molecule has 1 aliphatic rings. The summed E-state index contributed by atoms with van der Waals surface area (Å²) in [6.45, 7) is 9.06. The number of hydrogen-bond acceptors (Lipinski definition) is 2. The third-order valence-electron chi connectivity index (χ3n) is 5.42. The number of aryl methyl sites for hydroxylation is 1. The topological polar surface area (TPSA) is 20.3 Å². The largest absolute Gasteiger partial charge is 0.295 e. The molecule has 2 aromatic carbocycles. The second kappa shape index (κ2) is 10.6. The lowest BCUT2D eigenvalue weighted by molar-refractivity contribution is 0.0997. The first-order valence-corrected chi connectivity index (χ1v) is 9.94. The van der Waals surface area contributed by atoms with Crippen LogP contribution >= 0.6 is 36.4 Å². The zero-order valence-corrected chi connectivity index (χ0v) is 19.3. The maximum atomic E-state index is 13.1. The Morgan fingerprint density at radius 3 is 2.18 bits per heavy atom. The molecule has 0 spiro atoms. The lowest BCUT2D eigenvalue weighted by atomic mass is 9.82. The lowest BCUT2D eigenvalue weighted by Crippen LogP contribution is -2.47. The van der Waals surface area contributed by atoms with Gasteiger partial charge in [-0.15, -0.1) is 24.8 Å². The van der Waals surface area contributed by atoms with Gasteiger partial charge in [0.25, 0.3) is 0 Å². The number of fused-ring (bicyclic) bond motifs is 1. The van der Waals surface area contributed by atoms with Gasteiger partial charge in [-0.3, -0.25) is 9.69 Å². The molecule has 2 aromatic rings. The standard InChI is InChI=1S/C23H28ClNO.2ClH/c1-15(2)25(16(3)4)20-13-10-17-6-5-7-21(22(17)14-20)23(26)18-8-11-19(24)12-9-18;;/h5-9,11-12,15-16,20H,10,13-14H2,1-4H3;2*1H. The van der Waals surface area contributed by atoms with Gasteiger partial charge in [0, 0.05) is 34.3 Å². The van der Waals surface area contributed by atoms with Crippen LogP contribution in [0.4, 0.5) is 0 Å². The zero-order chi connectivity index (χ0) is 18.8. The molecule has 1 unspecified atom stereocenters. The van der Waals surface area contributed by atoms with Crippen molar-refractivity contribution in [1.82, 2.24) is 4.90 Å². The van der Waals surface area contributed by atoms with Crippen molar-refractivity contribution >= 4 is 42.2 Å². The minimum Gasteiger partial charge on any atom is -0.295 e. The van der Waals surface area contributed by atoms with Gasteiger partial charge in [-0.05, 0) is 82.3 Å². The van der Waals surface area contributed by atoms with Crippen LogP contribution in [0.2, 0.25) is 5.02 Å². The van der Waals surface area contributed by atoms with Crippen LogP contribution in [0, 0.1) is 0 Å². The molecule has 28 heavy (non-hydrogen) atoms. The lowest BCUT2D eigenvalue weighted by Gasteiger charge is -2.41. The number of hydrogen-bond donors (Lipinski definition) is 0. The van der Waals surface area contributed by atoms with Gasteiger partial charge < -0.3 is 0 Å². The summed E-state index contributed by atoms with van der Waals surface area (Å²) in [5, 5.41) is 0.654. The number of ketones is 1. The second-order valence-corrected chi connectivity index (χ2v) is 8.25. The molecule has 154 valence electrons. The fourth-order valence-electron chi connectivity index (χ4n) is 4.43. The highest BCUT2D eigenvalue weighted by atomic mass is 35.5. The van der Waals surface area contributed by atoms with Gasteiger partial charge in [0.15, 0.2) is 5.78 Å². The maximum absolute atomic E-state index is 13.1. The summed E-state index contributed by atoms with van der Waals surface area (Å²) < 4.78 is 0. The molecule has 0 N–H and O–H groups in total. The van der Waals surface area contributed by atoms with E-state index in [0.29, 0.717) is 28.7 Å². The molecule has 0 bridgehead atoms. The third kappa shape index (κ3) is 5.30. The first kappa shape index (κ1) is 25.0. The maximum Gasteiger partial charge on any atom is 0.193 e. The van der Waals surface area contributed by atoms with Gasteiger partial charge in [0.2, 0.25) is 0 Å². The molecule has 3 rings (SSSR count). The molecule has 0 radical (unpaired) electrons. The van der Waals surface area contributed by atoms with E-state index in [-0.39, 0.29) is 30.6 Å². The van der Waals surface area contributed by atoms with Crippen molar-refractivity contribution in [2.45, 2.75) is 65.1 Å². The van der Waals surface area contributed by atoms with Crippen molar-refractivity contribution in [3.05, 3.63) is 69.7 Å². The summed E-state index contributed by atoms with van der Waals surface area (Å²) in [5.41, 5.74) is 4.11. The number of benzene rings is 2. The van der Waals surface area contributed by atoms with E-state index in [0.717, 1.165) is 24.8 Å². The molecular formula is C23H30Cl3NO. The summed E-state index contributed by atoms with van der Waals surface area (Å²) in [5.74, 6) is 0.0970. The van der Waals surface area contributed by atoms with E-state index < -0.39 is 0 Å². The smallest absolute Gasteiger partial charge is 0.193 e. The predicted molar refractivity (Wildman–Crippen MR) is 124 cm³/mol. The summed E-state index contributed by atoms with van der Waals surface area (Å²) >= 11 is 5.97. The van der Waals surface area contributed by atoms with Crippen LogP contribution in [-0.2, 0) is 12.8 Å². The van der Waals surface area contributed by atoms with Crippen molar-refractivity contribution in [3.8, 4) is 0 Å². The van der Waals surface area contributed by atoms with Gasteiger partial charge in [-0.2, -0.15) is 0 Å². The molecule has 0 amide bonds. The van der Waals surface area contributed by atoms with Crippen molar-refractivity contribution < 1.29 is 4.79 Å². The average molecular weight is 443 g/mol. The SMILES string of the molecule is CC(C)N(C(C)C)C1CCc2cccc(C(=O)c3ccc(Cl)cc3)c2C1.Cl.Cl. The van der Waals surface area contributed by atoms with Crippen LogP contribution in [0.3, 0.4) is 0 Å². The fourth-order valence-corrected chi connectivity index (χ4v) is 4.56. The first-order valence-electron chi connectivity index (χ1n) is 9.57. The Hall–Kier alpha value is -1.06. The molecule has 0 aromatic heterocycles. The fraction of sp³-hybridized carbons (Fsp3) is 0.435. The Morgan fingerprint density at radius 2 is 1.61 bits per heavy atom. The van der Waals surface area contributed by atoms with Crippen LogP contribution in [0.15, 0.2) is 42.5 Å². The minimum absolute atomic E-state index is 0. The van der Waals surface area contributed by atoms with Gasteiger partial charge in [0.1, 0.15) is 0 Å². The van der Waals surface area contributed by atoms with Crippen molar-refractivity contribution in [2.75, 3.05) is 0 Å². The molecule has 1 aliphatic carbocycles. The highest BCUT2D eigenvalue weighted by Crippen LogP contribution is 2.30. The predicted octanol–water partition coefficient (Wildman–Crippen LogP) is 6.39. The normalized spacial score (nSPS) is 15.8.